The quantitative estimate of drug-likeness (QED) is 0.131. The van der Waals surface area contributed by atoms with Crippen LogP contribution in [0.5, 0.6) is 0 Å². The van der Waals surface area contributed by atoms with Crippen molar-refractivity contribution in [2.24, 2.45) is 10.3 Å². The van der Waals surface area contributed by atoms with E-state index in [1.807, 2.05) is 0 Å². The summed E-state index contributed by atoms with van der Waals surface area (Å²) in [4.78, 5) is 13.1. The Hall–Kier alpha value is -8.67. The number of hydrogen-bond donors (Lipinski definition) is 0. The number of methoxy groups -OCH3 is 1. The van der Waals surface area contributed by atoms with E-state index in [1.54, 1.807) is 248 Å². The van der Waals surface area contributed by atoms with Gasteiger partial charge in [-0.15, -0.1) is 0 Å². The van der Waals surface area contributed by atoms with Gasteiger partial charge in [0.25, 0.3) is 0 Å². The number of esters is 1. The van der Waals surface area contributed by atoms with Crippen LogP contribution < -0.4 is 0 Å². The zero-order chi connectivity index (χ0) is 41.9. The molecule has 1 aliphatic heterocycles. The largest absolute Gasteiger partial charge is 0.469 e. The van der Waals surface area contributed by atoms with Crippen LogP contribution in [0.25, 0.3) is 291 Å². The lowest BCUT2D eigenvalue weighted by Crippen LogP contribution is -2.56. The molecule has 28 aromatic rings. The van der Waals surface area contributed by atoms with E-state index in [1.165, 1.54) is 72.5 Å². The first kappa shape index (κ1) is 26.2. The van der Waals surface area contributed by atoms with Gasteiger partial charge in [0.15, 0.2) is 5.54 Å². The van der Waals surface area contributed by atoms with E-state index in [0.29, 0.717) is 19.4 Å². The number of nitrogens with zero attached hydrogens (tertiary/aromatic N) is 3. The predicted octanol–water partition coefficient (Wildman–Crippen LogP) is 16.8. The Labute approximate surface area is 379 Å². The highest BCUT2D eigenvalue weighted by atomic mass is 16.5. The molecule has 5 aliphatic rings. The van der Waals surface area contributed by atoms with Crippen LogP contribution in [0.1, 0.15) is 35.1 Å². The van der Waals surface area contributed by atoms with Crippen LogP contribution in [0.2, 0.25) is 0 Å². The molecule has 70 heavy (non-hydrogen) atoms. The molecule has 0 radical (unpaired) electrons. The summed E-state index contributed by atoms with van der Waals surface area (Å²) in [6.07, 6.45) is 1.03. The second-order valence-electron chi connectivity index (χ2n) is 25.2. The third-order valence-corrected chi connectivity index (χ3v) is 24.9. The lowest BCUT2D eigenvalue weighted by Gasteiger charge is -2.50. The maximum atomic E-state index is 13.1. The first-order chi connectivity index (χ1) is 34.8. The van der Waals surface area contributed by atoms with Crippen LogP contribution >= 0.6 is 0 Å². The monoisotopic (exact) mass is 863 g/mol. The summed E-state index contributed by atoms with van der Waals surface area (Å²) in [5.74, 6) is -0.149. The number of ether oxygens (including phenoxy) is 1. The zero-order valence-corrected chi connectivity index (χ0v) is 35.8. The van der Waals surface area contributed by atoms with Crippen LogP contribution in [0.15, 0.2) is 10.3 Å². The SMILES string of the molecule is COC(=O)CCCN1N=NC23c4c5c6c7c8c9c(c%10c%11c2c2c4c4c%12c5c5c6c6c8c8c%13c9c9c%10c%10c%11c%11c2c2c4c4c%12c%12c5c5c6c8c6c8c%13c9c9c%10c%10c%11c2c2c4c4c%12c5c6c5c8c9c%10c2c45)C713. The van der Waals surface area contributed by atoms with Crippen molar-refractivity contribution in [3.63, 3.8) is 0 Å². The molecule has 0 atom stereocenters. The lowest BCUT2D eigenvalue weighted by atomic mass is 9.58. The van der Waals surface area contributed by atoms with Gasteiger partial charge < -0.3 is 4.74 Å². The van der Waals surface area contributed by atoms with Gasteiger partial charge in [-0.2, -0.15) is 5.11 Å². The number of carbonyl (C=O) groups excluding carboxylic acids is 1. The Kier molecular flexibility index (Phi) is 2.22. The van der Waals surface area contributed by atoms with Crippen molar-refractivity contribution in [3.8, 4) is 0 Å². The smallest absolute Gasteiger partial charge is 0.305 e. The van der Waals surface area contributed by atoms with Gasteiger partial charge >= 0.3 is 5.97 Å². The molecule has 0 unspecified atom stereocenters. The Morgan fingerprint density at radius 3 is 0.743 bits per heavy atom. The fourth-order valence-corrected chi connectivity index (χ4v) is 24.7. The predicted molar refractivity (Wildman–Crippen MR) is 287 cm³/mol. The molecule has 296 valence electrons. The van der Waals surface area contributed by atoms with Crippen molar-refractivity contribution in [2.45, 2.75) is 23.9 Å². The second-order valence-corrected chi connectivity index (χ2v) is 25.2. The summed E-state index contributed by atoms with van der Waals surface area (Å²) in [5.41, 5.74) is 4.54. The number of carbonyl (C=O) groups is 1. The molecular weight excluding hydrogens is 855 g/mol. The highest BCUT2D eigenvalue weighted by molar-refractivity contribution is 6.82. The number of rotatable bonds is 4. The topological polar surface area (TPSA) is 54.3 Å². The maximum absolute atomic E-state index is 13.1. The van der Waals surface area contributed by atoms with Gasteiger partial charge in [-0.3, -0.25) is 9.80 Å². The molecule has 0 saturated carbocycles. The van der Waals surface area contributed by atoms with Crippen molar-refractivity contribution in [3.05, 3.63) is 22.3 Å². The van der Waals surface area contributed by atoms with Crippen LogP contribution in [-0.4, -0.2) is 24.6 Å². The maximum Gasteiger partial charge on any atom is 0.305 e. The molecule has 0 bridgehead atoms. The van der Waals surface area contributed by atoms with Crippen molar-refractivity contribution >= 4 is 297 Å². The van der Waals surface area contributed by atoms with Gasteiger partial charge in [0.1, 0.15) is 5.54 Å². The fourth-order valence-electron chi connectivity index (χ4n) is 24.7. The van der Waals surface area contributed by atoms with Crippen molar-refractivity contribution in [1.82, 2.24) is 5.01 Å². The van der Waals surface area contributed by atoms with Gasteiger partial charge in [-0.25, -0.2) is 0 Å². The third-order valence-electron chi connectivity index (χ3n) is 24.9. The molecule has 0 amide bonds. The van der Waals surface area contributed by atoms with Gasteiger partial charge in [0.2, 0.25) is 0 Å². The Morgan fingerprint density at radius 1 is 0.329 bits per heavy atom. The first-order valence-corrected chi connectivity index (χ1v) is 25.8. The molecule has 0 fully saturated rings. The van der Waals surface area contributed by atoms with Crippen LogP contribution in [0.3, 0.4) is 0 Å². The van der Waals surface area contributed by atoms with Crippen molar-refractivity contribution in [2.75, 3.05) is 13.7 Å². The third kappa shape index (κ3) is 1.37. The van der Waals surface area contributed by atoms with Gasteiger partial charge in [0, 0.05) is 35.2 Å². The van der Waals surface area contributed by atoms with Crippen LogP contribution in [0.4, 0.5) is 0 Å². The van der Waals surface area contributed by atoms with Crippen molar-refractivity contribution < 1.29 is 9.53 Å². The fraction of sp³-hybridized carbons (Fsp3) is 0.0923. The Balaban J connectivity index is 1.15. The first-order valence-electron chi connectivity index (χ1n) is 25.8. The molecule has 5 nitrogen and oxygen atoms in total. The van der Waals surface area contributed by atoms with E-state index in [2.05, 4.69) is 5.01 Å². The van der Waals surface area contributed by atoms with E-state index in [0.717, 1.165) is 0 Å². The number of benzene rings is 18. The summed E-state index contributed by atoms with van der Waals surface area (Å²) < 4.78 is 5.35. The molecule has 0 saturated heterocycles. The molecule has 33 rings (SSSR count). The highest BCUT2D eigenvalue weighted by Crippen LogP contribution is 2.85. The lowest BCUT2D eigenvalue weighted by molar-refractivity contribution is -0.140. The molecule has 5 heteroatoms. The minimum absolute atomic E-state index is 0.149. The molecule has 2 spiro atoms. The Bertz CT molecular complexity index is 7050. The molecule has 0 aromatic heterocycles. The standard InChI is InChI=1S/C65H9N3O2/c1-70-5(69)3-2-4-68-65-62-56-50-40-28-20-12-8-6-7-10-14(12)22(28)32-26-18(10)19-11(7)15-13-9(6)17-16(8)24-30(20)38-44-34(24)35-25(17)31-21(13)29-23(15)33-27(19)37-36(26)48(42(32)50)58(62)59-49(37)43(33)51-41(29)47-39(31)45(35)53-52(44)60(54(56)46(38)40)64(65,66-67-68)61(53)55(47)57(51)63(59)65/h2-4H2,1H3. The minimum Gasteiger partial charge on any atom is -0.469 e. The minimum atomic E-state index is -0.774. The second kappa shape index (κ2) is 5.92. The zero-order valence-electron chi connectivity index (χ0n) is 35.8. The summed E-state index contributed by atoms with van der Waals surface area (Å²) in [6, 6.07) is 0. The summed E-state index contributed by atoms with van der Waals surface area (Å²) in [5, 5.41) is 99.8. The van der Waals surface area contributed by atoms with E-state index in [-0.39, 0.29) is 5.97 Å². The van der Waals surface area contributed by atoms with E-state index < -0.39 is 11.1 Å². The summed E-state index contributed by atoms with van der Waals surface area (Å²) >= 11 is 0. The van der Waals surface area contributed by atoms with E-state index in [4.69, 9.17) is 15.1 Å². The van der Waals surface area contributed by atoms with Gasteiger partial charge in [-0.05, 0) is 297 Å². The summed E-state index contributed by atoms with van der Waals surface area (Å²) in [6.45, 7) is 0.637. The van der Waals surface area contributed by atoms with E-state index in [9.17, 15) is 4.79 Å². The molecule has 4 aliphatic carbocycles. The average Bonchev–Trinajstić information content (AvgIpc) is 4.30. The molecule has 28 aromatic carbocycles. The molecule has 0 N–H and O–H groups in total. The van der Waals surface area contributed by atoms with Crippen LogP contribution in [0, 0.1) is 0 Å². The molecule has 1 heterocycles. The highest BCUT2D eigenvalue weighted by Gasteiger charge is 2.75. The molecular formula is C65H9N3O2. The number of hydrogen-bond acceptors (Lipinski definition) is 5. The van der Waals surface area contributed by atoms with Crippen molar-refractivity contribution in [1.29, 1.82) is 0 Å². The summed E-state index contributed by atoms with van der Waals surface area (Å²) in [7, 11) is 1.53. The van der Waals surface area contributed by atoms with E-state index >= 15 is 0 Å². The normalized spacial score (nSPS) is 22.3. The average molecular weight is 864 g/mol. The Morgan fingerprint density at radius 2 is 0.529 bits per heavy atom. The van der Waals surface area contributed by atoms with Crippen LogP contribution in [-0.2, 0) is 20.6 Å². The van der Waals surface area contributed by atoms with Gasteiger partial charge in [-0.1, -0.05) is 5.22 Å². The van der Waals surface area contributed by atoms with Gasteiger partial charge in [0.05, 0.1) is 7.11 Å².